The molecule has 0 bridgehead atoms. The lowest BCUT2D eigenvalue weighted by atomic mass is 10.0. The van der Waals surface area contributed by atoms with Crippen molar-refractivity contribution in [2.75, 3.05) is 30.5 Å². The van der Waals surface area contributed by atoms with Crippen molar-refractivity contribution in [3.8, 4) is 17.6 Å². The summed E-state index contributed by atoms with van der Waals surface area (Å²) in [5.41, 5.74) is -2.33. The Morgan fingerprint density at radius 2 is 1.86 bits per heavy atom. The number of alkyl halides is 3. The number of halogens is 3. The van der Waals surface area contributed by atoms with Crippen LogP contribution in [0.5, 0.6) is 11.5 Å². The Bertz CT molecular complexity index is 1240. The normalized spacial score (nSPS) is 14.9. The largest absolute Gasteiger partial charge is 0.485 e. The number of hydrogen-bond acceptors (Lipinski definition) is 6. The number of aldehydes is 1. The number of nitrogens with zero attached hydrogens (tertiary/aromatic N) is 3. The molecule has 1 unspecified atom stereocenters. The van der Waals surface area contributed by atoms with Crippen LogP contribution in [0.1, 0.15) is 25.0 Å². The van der Waals surface area contributed by atoms with Crippen molar-refractivity contribution in [2.45, 2.75) is 31.7 Å². The first-order valence-corrected chi connectivity index (χ1v) is 11.1. The molecular formula is C24H23F3N4O4S. The van der Waals surface area contributed by atoms with Gasteiger partial charge in [-0.25, -0.2) is 0 Å². The molecule has 190 valence electrons. The molecule has 8 nitrogen and oxygen atoms in total. The van der Waals surface area contributed by atoms with Gasteiger partial charge in [0.15, 0.2) is 16.6 Å². The number of amides is 1. The summed E-state index contributed by atoms with van der Waals surface area (Å²) in [4.78, 5) is 26.7. The van der Waals surface area contributed by atoms with E-state index < -0.39 is 28.9 Å². The van der Waals surface area contributed by atoms with Crippen molar-refractivity contribution in [3.05, 3.63) is 47.5 Å². The van der Waals surface area contributed by atoms with Crippen LogP contribution in [0.2, 0.25) is 0 Å². The van der Waals surface area contributed by atoms with E-state index in [0.717, 1.165) is 12.1 Å². The Kier molecular flexibility index (Phi) is 7.45. The lowest BCUT2D eigenvalue weighted by Crippen LogP contribution is -2.54. The molecule has 3 rings (SSSR count). The molecule has 1 atom stereocenters. The average molecular weight is 521 g/mol. The molecule has 0 saturated heterocycles. The van der Waals surface area contributed by atoms with Gasteiger partial charge in [0, 0.05) is 31.5 Å². The molecule has 0 radical (unpaired) electrons. The molecule has 1 aliphatic heterocycles. The molecule has 0 saturated carbocycles. The van der Waals surface area contributed by atoms with Crippen LogP contribution in [0.3, 0.4) is 0 Å². The highest BCUT2D eigenvalue weighted by Crippen LogP contribution is 2.38. The first-order chi connectivity index (χ1) is 16.8. The standard InChI is InChI=1S/C24H23F3N4O4S/c1-23(2,13-32)31(16-7-8-18-19(10-16)34-12-20(35-18)21(33)29-3)22(36)30(4)15-6-5-14(11-28)17(9-15)24(25,26)27/h5-10,13,20H,12H2,1-4H3,(H,29,33). The summed E-state index contributed by atoms with van der Waals surface area (Å²) in [6.45, 7) is 3.15. The number of likely N-dealkylation sites (N-methyl/N-ethyl adjacent to an activating group) is 1. The van der Waals surface area contributed by atoms with E-state index >= 15 is 0 Å². The van der Waals surface area contributed by atoms with E-state index in [2.05, 4.69) is 5.32 Å². The summed E-state index contributed by atoms with van der Waals surface area (Å²) in [5.74, 6) is 0.267. The van der Waals surface area contributed by atoms with Crippen molar-refractivity contribution in [1.82, 2.24) is 5.32 Å². The fourth-order valence-corrected chi connectivity index (χ4v) is 4.01. The third-order valence-electron chi connectivity index (χ3n) is 5.54. The molecule has 2 aromatic rings. The molecule has 1 heterocycles. The van der Waals surface area contributed by atoms with Crippen LogP contribution in [0.25, 0.3) is 0 Å². The fraction of sp³-hybridized carbons (Fsp3) is 0.333. The monoisotopic (exact) mass is 520 g/mol. The van der Waals surface area contributed by atoms with Crippen LogP contribution >= 0.6 is 12.2 Å². The summed E-state index contributed by atoms with van der Waals surface area (Å²) < 4.78 is 51.9. The van der Waals surface area contributed by atoms with E-state index in [1.54, 1.807) is 38.1 Å². The highest BCUT2D eigenvalue weighted by atomic mass is 32.1. The Balaban J connectivity index is 2.00. The second-order valence-corrected chi connectivity index (χ2v) is 8.82. The predicted molar refractivity (Wildman–Crippen MR) is 130 cm³/mol. The Morgan fingerprint density at radius 3 is 2.44 bits per heavy atom. The lowest BCUT2D eigenvalue weighted by molar-refractivity contribution is -0.137. The SMILES string of the molecule is CNC(=O)C1COc2cc(N(C(=S)N(C)c3ccc(C#N)c(C(F)(F)F)c3)C(C)(C)C=O)ccc2O1. The van der Waals surface area contributed by atoms with Gasteiger partial charge in [-0.3, -0.25) is 4.79 Å². The zero-order chi connectivity index (χ0) is 26.8. The van der Waals surface area contributed by atoms with Crippen molar-refractivity contribution >= 4 is 40.9 Å². The summed E-state index contributed by atoms with van der Waals surface area (Å²) in [6, 6.07) is 9.51. The van der Waals surface area contributed by atoms with Crippen molar-refractivity contribution in [3.63, 3.8) is 0 Å². The maximum absolute atomic E-state index is 13.5. The van der Waals surface area contributed by atoms with E-state index in [1.165, 1.54) is 30.0 Å². The predicted octanol–water partition coefficient (Wildman–Crippen LogP) is 3.67. The third-order valence-corrected chi connectivity index (χ3v) is 6.00. The molecule has 2 aromatic carbocycles. The van der Waals surface area contributed by atoms with Crippen molar-refractivity contribution in [1.29, 1.82) is 5.26 Å². The first kappa shape index (κ1) is 26.7. The first-order valence-electron chi connectivity index (χ1n) is 10.6. The van der Waals surface area contributed by atoms with Gasteiger partial charge >= 0.3 is 6.18 Å². The summed E-state index contributed by atoms with van der Waals surface area (Å²) >= 11 is 5.62. The molecule has 1 aliphatic rings. The van der Waals surface area contributed by atoms with Gasteiger partial charge < -0.3 is 29.4 Å². The zero-order valence-electron chi connectivity index (χ0n) is 19.8. The van der Waals surface area contributed by atoms with E-state index in [4.69, 9.17) is 27.0 Å². The maximum Gasteiger partial charge on any atom is 0.417 e. The van der Waals surface area contributed by atoms with Crippen molar-refractivity contribution in [2.24, 2.45) is 0 Å². The lowest BCUT2D eigenvalue weighted by Gasteiger charge is -2.40. The van der Waals surface area contributed by atoms with Crippen LogP contribution in [0.15, 0.2) is 36.4 Å². The average Bonchev–Trinajstić information content (AvgIpc) is 2.86. The van der Waals surface area contributed by atoms with Crippen LogP contribution < -0.4 is 24.6 Å². The number of fused-ring (bicyclic) bond motifs is 1. The van der Waals surface area contributed by atoms with Gasteiger partial charge in [-0.15, -0.1) is 0 Å². The minimum Gasteiger partial charge on any atom is -0.485 e. The molecular weight excluding hydrogens is 497 g/mol. The molecule has 0 fully saturated rings. The van der Waals surface area contributed by atoms with Crippen LogP contribution in [0, 0.1) is 11.3 Å². The van der Waals surface area contributed by atoms with Gasteiger partial charge in [0.05, 0.1) is 22.7 Å². The Morgan fingerprint density at radius 1 is 1.19 bits per heavy atom. The molecule has 36 heavy (non-hydrogen) atoms. The zero-order valence-corrected chi connectivity index (χ0v) is 20.7. The van der Waals surface area contributed by atoms with Crippen LogP contribution in [0.4, 0.5) is 24.5 Å². The fourth-order valence-electron chi connectivity index (χ4n) is 3.56. The van der Waals surface area contributed by atoms with Gasteiger partial charge in [-0.05, 0) is 56.4 Å². The van der Waals surface area contributed by atoms with Gasteiger partial charge in [0.2, 0.25) is 6.10 Å². The van der Waals surface area contributed by atoms with Gasteiger partial charge in [0.25, 0.3) is 5.91 Å². The molecule has 1 N–H and O–H groups in total. The second-order valence-electron chi connectivity index (χ2n) is 8.45. The highest BCUT2D eigenvalue weighted by Gasteiger charge is 2.36. The number of carbonyl (C=O) groups excluding carboxylic acids is 2. The van der Waals surface area contributed by atoms with Crippen molar-refractivity contribution < 1.29 is 32.2 Å². The topological polar surface area (TPSA) is 94.9 Å². The van der Waals surface area contributed by atoms with E-state index in [1.807, 2.05) is 0 Å². The maximum atomic E-state index is 13.5. The minimum absolute atomic E-state index is 0.0184. The van der Waals surface area contributed by atoms with E-state index in [-0.39, 0.29) is 23.3 Å². The number of ether oxygens (including phenoxy) is 2. The number of anilines is 2. The molecule has 12 heteroatoms. The number of rotatable bonds is 5. The Hall–Kier alpha value is -3.85. The molecule has 1 amide bonds. The molecule has 0 aromatic heterocycles. The Labute approximate surface area is 211 Å². The summed E-state index contributed by atoms with van der Waals surface area (Å²) in [5, 5.41) is 11.6. The quantitative estimate of drug-likeness (QED) is 0.472. The van der Waals surface area contributed by atoms with Gasteiger partial charge in [-0.1, -0.05) is 0 Å². The highest BCUT2D eigenvalue weighted by molar-refractivity contribution is 7.80. The molecule has 0 spiro atoms. The third kappa shape index (κ3) is 5.21. The number of nitrogens with one attached hydrogen (secondary N) is 1. The second kappa shape index (κ2) is 10.0. The number of thiocarbonyl (C=S) groups is 1. The van der Waals surface area contributed by atoms with Gasteiger partial charge in [-0.2, -0.15) is 18.4 Å². The number of nitriles is 1. The van der Waals surface area contributed by atoms with Crippen LogP contribution in [-0.4, -0.2) is 49.7 Å². The minimum atomic E-state index is -4.74. The number of carbonyl (C=O) groups is 2. The summed E-state index contributed by atoms with van der Waals surface area (Å²) in [7, 11) is 2.94. The molecule has 0 aliphatic carbocycles. The number of benzene rings is 2. The van der Waals surface area contributed by atoms with Gasteiger partial charge in [0.1, 0.15) is 12.9 Å². The number of hydrogen-bond donors (Lipinski definition) is 1. The summed E-state index contributed by atoms with van der Waals surface area (Å²) in [6.07, 6.45) is -4.92. The van der Waals surface area contributed by atoms with E-state index in [0.29, 0.717) is 23.5 Å². The van der Waals surface area contributed by atoms with E-state index in [9.17, 15) is 22.8 Å². The van der Waals surface area contributed by atoms with Crippen LogP contribution in [-0.2, 0) is 15.8 Å². The smallest absolute Gasteiger partial charge is 0.417 e.